The number of carbonyl (C=O) groups is 5. The summed E-state index contributed by atoms with van der Waals surface area (Å²) in [5.74, 6) is -3.09. The average Bonchev–Trinajstić information content (AvgIpc) is 1.38. The van der Waals surface area contributed by atoms with E-state index in [0.717, 1.165) is 36.8 Å². The van der Waals surface area contributed by atoms with Crippen molar-refractivity contribution >= 4 is 93.2 Å². The molecule has 2 aromatic carbocycles. The molecule has 0 saturated heterocycles. The fraction of sp³-hybridized carbons (Fsp3) is 0.603. The first-order valence-electron chi connectivity index (χ1n) is 33.5. The number of esters is 2. The van der Waals surface area contributed by atoms with E-state index in [1.807, 2.05) is 44.5 Å². The number of ketones is 2. The Morgan fingerprint density at radius 3 is 2.13 bits per heavy atom. The zero-order chi connectivity index (χ0) is 72.6. The lowest BCUT2D eigenvalue weighted by molar-refractivity contribution is -0.742. The minimum atomic E-state index is -1.99. The third-order valence-electron chi connectivity index (χ3n) is 24.1. The maximum Gasteiger partial charge on any atom is 0.331 e. The fourth-order valence-corrected chi connectivity index (χ4v) is 20.8. The minimum Gasteiger partial charge on any atom is -0.478 e. The van der Waals surface area contributed by atoms with Gasteiger partial charge in [0.15, 0.2) is 28.6 Å². The number of carboxylic acid groups (broad SMARTS) is 1. The molecule has 0 spiro atoms. The Morgan fingerprint density at radius 1 is 0.878 bits per heavy atom. The number of oxime groups is 1. The number of carboxylic acids is 1. The van der Waals surface area contributed by atoms with Crippen molar-refractivity contribution in [3.05, 3.63) is 137 Å². The monoisotopic (exact) mass is 1460 g/mol. The number of aliphatic carboxylic acids is 1. The Hall–Kier alpha value is -5.71. The van der Waals surface area contributed by atoms with Crippen molar-refractivity contribution in [3.63, 3.8) is 0 Å². The number of halogens is 6. The summed E-state index contributed by atoms with van der Waals surface area (Å²) in [6, 6.07) is 10.1. The molecule has 5 N–H and O–H groups in total. The number of imidazole rings is 1. The van der Waals surface area contributed by atoms with Crippen molar-refractivity contribution in [2.24, 2.45) is 73.7 Å². The molecule has 98 heavy (non-hydrogen) atoms. The van der Waals surface area contributed by atoms with Crippen molar-refractivity contribution < 1.29 is 73.4 Å². The number of benzene rings is 2. The van der Waals surface area contributed by atoms with Crippen molar-refractivity contribution in [2.45, 2.75) is 202 Å². The van der Waals surface area contributed by atoms with Crippen LogP contribution in [-0.4, -0.2) is 117 Å². The second kappa shape index (κ2) is 30.5. The van der Waals surface area contributed by atoms with Crippen molar-refractivity contribution in [1.82, 2.24) is 9.55 Å². The van der Waals surface area contributed by atoms with E-state index in [0.29, 0.717) is 106 Å². The third-order valence-corrected chi connectivity index (χ3v) is 25.5. The molecule has 0 amide bonds. The molecule has 18 atom stereocenters. The molecule has 19 nitrogen and oxygen atoms in total. The summed E-state index contributed by atoms with van der Waals surface area (Å²) in [6.45, 7) is 22.0. The summed E-state index contributed by atoms with van der Waals surface area (Å²) in [4.78, 5) is 80.4. The molecule has 0 radical (unpaired) electrons. The van der Waals surface area contributed by atoms with Crippen LogP contribution in [0, 0.1) is 78.6 Å². The summed E-state index contributed by atoms with van der Waals surface area (Å²) in [7, 11) is 0. The SMILES string of the molecule is CC(=O)O[C@H]1C[C@@]2(C)[C@@H](C[C@@H](O)[C@H]3[C@@]4(C)CC[C@@H](O)[C@@H](C)[C@@H]4CC[C@@]32C)/C1=C(\CCC=C(C)C)C(=O)O.CCC(=O)O[C@]1(C(=O)CCl)[C@@H](C)C[C@H]2[C@@H]3CCC4=CC(=O)C=C[C@]4(C)[C@@]3(F)[C@@H](O)C[C@@]21C.Clc1ccc(O/N=C(\Cn2ccnc2)c2ccc(Cl)cc2Cl)c(Cl)c1.O=[N+]([O-])O. The second-order valence-corrected chi connectivity index (χ2v) is 31.4. The van der Waals surface area contributed by atoms with Crippen LogP contribution in [0.4, 0.5) is 4.39 Å². The van der Waals surface area contributed by atoms with Gasteiger partial charge in [0.05, 0.1) is 47.1 Å². The number of allylic oxidation sites excluding steroid dienone is 6. The highest BCUT2D eigenvalue weighted by atomic mass is 35.5. The molecular weight excluding hydrogens is 1370 g/mol. The normalized spacial score (nSPS) is 36.1. The van der Waals surface area contributed by atoms with Crippen LogP contribution in [0.5, 0.6) is 5.75 Å². The Bertz CT molecular complexity index is 3690. The van der Waals surface area contributed by atoms with Gasteiger partial charge in [0.2, 0.25) is 0 Å². The lowest BCUT2D eigenvalue weighted by Crippen LogP contribution is -2.70. The van der Waals surface area contributed by atoms with Crippen LogP contribution in [0.25, 0.3) is 0 Å². The summed E-state index contributed by atoms with van der Waals surface area (Å²) in [6.07, 6.45) is 16.1. The molecule has 8 aliphatic rings. The van der Waals surface area contributed by atoms with Gasteiger partial charge in [-0.25, -0.2) is 14.2 Å². The smallest absolute Gasteiger partial charge is 0.331 e. The van der Waals surface area contributed by atoms with Crippen LogP contribution in [-0.2, 0) is 40.0 Å². The molecule has 0 unspecified atom stereocenters. The van der Waals surface area contributed by atoms with Crippen molar-refractivity contribution in [2.75, 3.05) is 5.88 Å². The molecule has 1 aromatic heterocycles. The third kappa shape index (κ3) is 14.4. The summed E-state index contributed by atoms with van der Waals surface area (Å²) in [5, 5.41) is 64.0. The van der Waals surface area contributed by atoms with E-state index in [1.54, 1.807) is 68.8 Å². The van der Waals surface area contributed by atoms with Gasteiger partial charge in [0.1, 0.15) is 11.8 Å². The maximum absolute atomic E-state index is 17.2. The Kier molecular flexibility index (Phi) is 24.3. The van der Waals surface area contributed by atoms with Gasteiger partial charge in [0.25, 0.3) is 5.09 Å². The predicted octanol–water partition coefficient (Wildman–Crippen LogP) is 15.4. The molecule has 11 rings (SSSR count). The van der Waals surface area contributed by atoms with Crippen LogP contribution in [0.2, 0.25) is 20.1 Å². The van der Waals surface area contributed by atoms with E-state index < -0.39 is 69.3 Å². The number of nitrogens with zero attached hydrogens (tertiary/aromatic N) is 4. The number of fused-ring (bicyclic) bond motifs is 10. The molecule has 536 valence electrons. The standard InChI is InChI=1S/C31H48O6.C25H32ClFO5.C17H11Cl4N3O.HNO3/c1-17(2)9-8-10-20(28(35)36)26-22-15-24(34)27-29(5)13-12-23(33)18(3)21(29)11-14-30(27,6)31(22,7)16-25(26)37-19(4)32;1-5-21(31)32-25(20(30)13-26)14(2)10-18-17-7-6-15-11-16(28)8-9-22(15,3)24(17,27)19(29)12-23(18,25)4;18-11-1-3-13(14(20)7-11)16(9-24-6-5-22-10-24)23-25-17-4-2-12(19)8-15(17)21;2-1(3)4/h9,18,21-25,27,33-34H,8,10-16H2,1-7H3,(H,35,36);8-9,11,14,17-19,29H,5-7,10,12-13H2,1-4H3;1-8,10H,9H2;(H,2,3,4)/b26-20-;;23-16+;/t18-,21-,22-,23+,24+,25-,27-,29-,30-,31-;14-,17-,18-,19-,22-,23-,24-,25-;;/m00../s1. The number of Topliss-reactive ketones (excluding diaryl/α,β-unsaturated/α-hetero) is 1. The van der Waals surface area contributed by atoms with E-state index >= 15 is 4.39 Å². The van der Waals surface area contributed by atoms with Gasteiger partial charge in [-0.05, 0) is 198 Å². The van der Waals surface area contributed by atoms with Crippen molar-refractivity contribution in [3.8, 4) is 5.75 Å². The highest BCUT2D eigenvalue weighted by molar-refractivity contribution is 6.37. The predicted molar refractivity (Wildman–Crippen MR) is 371 cm³/mol. The first kappa shape index (κ1) is 78.0. The van der Waals surface area contributed by atoms with Gasteiger partial charge in [-0.1, -0.05) is 123 Å². The molecule has 0 bridgehead atoms. The van der Waals surface area contributed by atoms with Crippen LogP contribution >= 0.6 is 58.0 Å². The van der Waals surface area contributed by atoms with Crippen LogP contribution < -0.4 is 4.84 Å². The molecule has 7 saturated carbocycles. The van der Waals surface area contributed by atoms with E-state index in [4.69, 9.17) is 87.6 Å². The minimum absolute atomic E-state index is 0.0285. The number of hydrogen-bond acceptors (Lipinski definition) is 15. The zero-order valence-electron chi connectivity index (χ0n) is 57.3. The lowest BCUT2D eigenvalue weighted by atomic mass is 9.36. The molecular formula is C73H92Cl5FN4O15. The van der Waals surface area contributed by atoms with Gasteiger partial charge in [-0.3, -0.25) is 19.2 Å². The quantitative estimate of drug-likeness (QED) is 0.0191. The number of hydrogen-bond donors (Lipinski definition) is 5. The first-order chi connectivity index (χ1) is 45.8. The van der Waals surface area contributed by atoms with Gasteiger partial charge in [-0.15, -0.1) is 21.7 Å². The average molecular weight is 1460 g/mol. The molecule has 8 aliphatic carbocycles. The van der Waals surface area contributed by atoms with Gasteiger partial charge < -0.3 is 44.5 Å². The van der Waals surface area contributed by atoms with E-state index in [-0.39, 0.29) is 82.2 Å². The Labute approximate surface area is 597 Å². The van der Waals surface area contributed by atoms with Crippen LogP contribution in [0.15, 0.2) is 107 Å². The van der Waals surface area contributed by atoms with Gasteiger partial charge in [0, 0.05) is 69.6 Å². The van der Waals surface area contributed by atoms with Crippen molar-refractivity contribution in [1.29, 1.82) is 0 Å². The largest absolute Gasteiger partial charge is 0.478 e. The van der Waals surface area contributed by atoms with Crippen LogP contribution in [0.3, 0.4) is 0 Å². The maximum atomic E-state index is 17.2. The highest BCUT2D eigenvalue weighted by Crippen LogP contribution is 2.75. The number of alkyl halides is 2. The topological polar surface area (TPSA) is 288 Å². The van der Waals surface area contributed by atoms with Crippen LogP contribution in [0.1, 0.15) is 165 Å². The summed E-state index contributed by atoms with van der Waals surface area (Å²) >= 11 is 30.3. The zero-order valence-corrected chi connectivity index (χ0v) is 61.1. The molecule has 0 aliphatic heterocycles. The number of aliphatic hydroxyl groups is 3. The van der Waals surface area contributed by atoms with Gasteiger partial charge >= 0.3 is 17.9 Å². The van der Waals surface area contributed by atoms with E-state index in [1.165, 1.54) is 19.1 Å². The molecule has 1 heterocycles. The molecule has 7 fully saturated rings. The molecule has 3 aromatic rings. The van der Waals surface area contributed by atoms with Gasteiger partial charge in [-0.2, -0.15) is 0 Å². The Balaban J connectivity index is 0.000000185. The fourth-order valence-electron chi connectivity index (χ4n) is 19.6. The second-order valence-electron chi connectivity index (χ2n) is 29.5. The summed E-state index contributed by atoms with van der Waals surface area (Å²) in [5.41, 5.74) is -1.98. The number of rotatable bonds is 14. The van der Waals surface area contributed by atoms with E-state index in [9.17, 15) is 44.4 Å². The lowest BCUT2D eigenvalue weighted by Gasteiger charge is -2.69. The number of aromatic nitrogens is 2. The number of aliphatic hydroxyl groups excluding tert-OH is 3. The first-order valence-corrected chi connectivity index (χ1v) is 35.6. The summed E-state index contributed by atoms with van der Waals surface area (Å²) < 4.78 is 30.8. The van der Waals surface area contributed by atoms with E-state index in [2.05, 4.69) is 37.8 Å². The molecule has 25 heteroatoms. The number of carbonyl (C=O) groups excluding carboxylic acids is 4. The Morgan fingerprint density at radius 2 is 1.54 bits per heavy atom. The number of ether oxygens (including phenoxy) is 2. The highest BCUT2D eigenvalue weighted by Gasteiger charge is 2.77.